The van der Waals surface area contributed by atoms with Gasteiger partial charge >= 0.3 is 0 Å². The molecule has 2 heterocycles. The molecular formula is C16H22ClN3O3S. The van der Waals surface area contributed by atoms with Crippen molar-refractivity contribution >= 4 is 35.8 Å². The smallest absolute Gasteiger partial charge is 0.269 e. The van der Waals surface area contributed by atoms with E-state index in [0.717, 1.165) is 17.7 Å². The average Bonchev–Trinajstić information content (AvgIpc) is 2.90. The number of carbonyl (C=O) groups is 1. The zero-order chi connectivity index (χ0) is 16.4. The molecular weight excluding hydrogens is 350 g/mol. The highest BCUT2D eigenvalue weighted by atomic mass is 35.5. The van der Waals surface area contributed by atoms with E-state index in [4.69, 9.17) is 0 Å². The molecule has 2 aliphatic heterocycles. The molecule has 2 fully saturated rings. The Morgan fingerprint density at radius 1 is 1.29 bits per heavy atom. The second kappa shape index (κ2) is 8.18. The van der Waals surface area contributed by atoms with Gasteiger partial charge in [0.2, 0.25) is 5.91 Å². The summed E-state index contributed by atoms with van der Waals surface area (Å²) in [5, 5.41) is 14.2. The van der Waals surface area contributed by atoms with Gasteiger partial charge in [0.05, 0.1) is 10.7 Å². The number of non-ortho nitro benzene ring substituents is 1. The van der Waals surface area contributed by atoms with Crippen LogP contribution in [0.15, 0.2) is 29.2 Å². The van der Waals surface area contributed by atoms with Crippen LogP contribution in [-0.4, -0.2) is 46.7 Å². The Morgan fingerprint density at radius 2 is 1.88 bits per heavy atom. The van der Waals surface area contributed by atoms with E-state index < -0.39 is 4.92 Å². The highest BCUT2D eigenvalue weighted by Crippen LogP contribution is 2.30. The number of benzene rings is 1. The van der Waals surface area contributed by atoms with Gasteiger partial charge in [-0.2, -0.15) is 0 Å². The number of thioether (sulfide) groups is 1. The Balaban J connectivity index is 0.00000208. The van der Waals surface area contributed by atoms with Crippen molar-refractivity contribution in [1.82, 2.24) is 10.2 Å². The van der Waals surface area contributed by atoms with Crippen LogP contribution in [0.1, 0.15) is 25.7 Å². The maximum Gasteiger partial charge on any atom is 0.269 e. The van der Waals surface area contributed by atoms with Gasteiger partial charge in [0, 0.05) is 42.2 Å². The lowest BCUT2D eigenvalue weighted by atomic mass is 9.98. The highest BCUT2D eigenvalue weighted by molar-refractivity contribution is 8.00. The Hall–Kier alpha value is -1.31. The summed E-state index contributed by atoms with van der Waals surface area (Å²) in [4.78, 5) is 25.4. The fourth-order valence-corrected chi connectivity index (χ4v) is 4.28. The third-order valence-electron chi connectivity index (χ3n) is 4.80. The Morgan fingerprint density at radius 3 is 2.42 bits per heavy atom. The minimum atomic E-state index is -0.418. The lowest BCUT2D eigenvalue weighted by Crippen LogP contribution is -2.49. The van der Waals surface area contributed by atoms with Crippen molar-refractivity contribution in [1.29, 1.82) is 0 Å². The van der Waals surface area contributed by atoms with Crippen LogP contribution in [-0.2, 0) is 4.79 Å². The number of carbonyl (C=O) groups excluding carboxylic acids is 1. The molecule has 3 rings (SSSR count). The zero-order valence-electron chi connectivity index (χ0n) is 13.5. The molecule has 2 bridgehead atoms. The molecule has 1 N–H and O–H groups in total. The fraction of sp³-hybridized carbons (Fsp3) is 0.562. The molecule has 2 aliphatic rings. The van der Waals surface area contributed by atoms with Crippen molar-refractivity contribution in [2.75, 3.05) is 12.8 Å². The maximum atomic E-state index is 12.4. The molecule has 1 amide bonds. The summed E-state index contributed by atoms with van der Waals surface area (Å²) in [5.74, 6) is 0.493. The van der Waals surface area contributed by atoms with Gasteiger partial charge in [-0.3, -0.25) is 14.9 Å². The Kier molecular flexibility index (Phi) is 6.48. The summed E-state index contributed by atoms with van der Waals surface area (Å²) < 4.78 is 0. The largest absolute Gasteiger partial charge is 0.342 e. The number of rotatable bonds is 5. The van der Waals surface area contributed by atoms with E-state index in [2.05, 4.69) is 5.32 Å². The molecule has 1 aromatic carbocycles. The lowest BCUT2D eigenvalue weighted by Gasteiger charge is -2.35. The van der Waals surface area contributed by atoms with Gasteiger partial charge in [0.15, 0.2) is 0 Å². The number of nitrogens with zero attached hydrogens (tertiary/aromatic N) is 2. The molecule has 6 nitrogen and oxygen atoms in total. The molecule has 0 saturated carbocycles. The van der Waals surface area contributed by atoms with E-state index >= 15 is 0 Å². The van der Waals surface area contributed by atoms with Crippen LogP contribution in [0.3, 0.4) is 0 Å². The second-order valence-electron chi connectivity index (χ2n) is 6.31. The van der Waals surface area contributed by atoms with Gasteiger partial charge in [-0.25, -0.2) is 0 Å². The predicted octanol–water partition coefficient (Wildman–Crippen LogP) is 2.85. The molecule has 2 unspecified atom stereocenters. The summed E-state index contributed by atoms with van der Waals surface area (Å²) in [5.41, 5.74) is 0.0722. The SMILES string of the molecule is CN(C(=O)CSc1ccc([N+](=O)[O-])cc1)C1CC2CCC(C1)N2.Cl. The summed E-state index contributed by atoms with van der Waals surface area (Å²) >= 11 is 1.43. The molecule has 8 heteroatoms. The van der Waals surface area contributed by atoms with Crippen LogP contribution in [0.2, 0.25) is 0 Å². The van der Waals surface area contributed by atoms with Crippen molar-refractivity contribution in [2.45, 2.75) is 48.7 Å². The van der Waals surface area contributed by atoms with Crippen molar-refractivity contribution < 1.29 is 9.72 Å². The topological polar surface area (TPSA) is 75.5 Å². The minimum Gasteiger partial charge on any atom is -0.342 e. The van der Waals surface area contributed by atoms with Gasteiger partial charge in [0.25, 0.3) is 5.69 Å². The number of hydrogen-bond acceptors (Lipinski definition) is 5. The number of hydrogen-bond donors (Lipinski definition) is 1. The third-order valence-corrected chi connectivity index (χ3v) is 5.80. The Labute approximate surface area is 151 Å². The van der Waals surface area contributed by atoms with E-state index in [9.17, 15) is 14.9 Å². The van der Waals surface area contributed by atoms with Gasteiger partial charge in [-0.1, -0.05) is 0 Å². The molecule has 0 aromatic heterocycles. The number of fused-ring (bicyclic) bond motifs is 2. The quantitative estimate of drug-likeness (QED) is 0.489. The van der Waals surface area contributed by atoms with Crippen molar-refractivity contribution in [3.63, 3.8) is 0 Å². The van der Waals surface area contributed by atoms with Gasteiger partial charge in [-0.05, 0) is 37.8 Å². The van der Waals surface area contributed by atoms with Crippen molar-refractivity contribution in [2.24, 2.45) is 0 Å². The molecule has 2 atom stereocenters. The molecule has 2 saturated heterocycles. The average molecular weight is 372 g/mol. The van der Waals surface area contributed by atoms with E-state index in [1.54, 1.807) is 12.1 Å². The first kappa shape index (κ1) is 19.0. The molecule has 0 radical (unpaired) electrons. The van der Waals surface area contributed by atoms with Crippen LogP contribution < -0.4 is 5.32 Å². The standard InChI is InChI=1S/C16H21N3O3S.ClH/c1-18(14-8-11-2-3-12(9-14)17-11)16(20)10-23-15-6-4-13(5-7-15)19(21)22;/h4-7,11-12,14,17H,2-3,8-10H2,1H3;1H. The van der Waals surface area contributed by atoms with Gasteiger partial charge < -0.3 is 10.2 Å². The third kappa shape index (κ3) is 4.40. The zero-order valence-corrected chi connectivity index (χ0v) is 15.1. The summed E-state index contributed by atoms with van der Waals surface area (Å²) in [6.45, 7) is 0. The first-order valence-electron chi connectivity index (χ1n) is 7.92. The van der Waals surface area contributed by atoms with Crippen LogP contribution in [0, 0.1) is 10.1 Å². The van der Waals surface area contributed by atoms with E-state index in [1.165, 1.54) is 36.7 Å². The number of nitro groups is 1. The first-order chi connectivity index (χ1) is 11.0. The predicted molar refractivity (Wildman–Crippen MR) is 96.8 cm³/mol. The van der Waals surface area contributed by atoms with Crippen LogP contribution in [0.5, 0.6) is 0 Å². The first-order valence-corrected chi connectivity index (χ1v) is 8.90. The van der Waals surface area contributed by atoms with Crippen LogP contribution in [0.25, 0.3) is 0 Å². The molecule has 24 heavy (non-hydrogen) atoms. The second-order valence-corrected chi connectivity index (χ2v) is 7.36. The summed E-state index contributed by atoms with van der Waals surface area (Å²) in [6, 6.07) is 7.80. The Bertz CT molecular complexity index is 587. The fourth-order valence-electron chi connectivity index (χ4n) is 3.46. The van der Waals surface area contributed by atoms with Crippen LogP contribution >= 0.6 is 24.2 Å². The molecule has 0 aliphatic carbocycles. The van der Waals surface area contributed by atoms with Gasteiger partial charge in [-0.15, -0.1) is 24.2 Å². The van der Waals surface area contributed by atoms with E-state index in [0.29, 0.717) is 23.9 Å². The van der Waals surface area contributed by atoms with Gasteiger partial charge in [0.1, 0.15) is 0 Å². The number of nitrogens with one attached hydrogen (secondary N) is 1. The minimum absolute atomic E-state index is 0. The lowest BCUT2D eigenvalue weighted by molar-refractivity contribution is -0.384. The normalized spacial score (nSPS) is 25.0. The van der Waals surface area contributed by atoms with Crippen molar-refractivity contribution in [3.8, 4) is 0 Å². The number of nitro benzene ring substituents is 1. The molecule has 132 valence electrons. The summed E-state index contributed by atoms with van der Waals surface area (Å²) in [6.07, 6.45) is 4.53. The van der Waals surface area contributed by atoms with E-state index in [1.807, 2.05) is 11.9 Å². The molecule has 1 aromatic rings. The number of halogens is 1. The van der Waals surface area contributed by atoms with E-state index in [-0.39, 0.29) is 24.0 Å². The number of piperidine rings is 1. The summed E-state index contributed by atoms with van der Waals surface area (Å²) in [7, 11) is 1.90. The highest BCUT2D eigenvalue weighted by Gasteiger charge is 2.36. The molecule has 0 spiro atoms. The van der Waals surface area contributed by atoms with Crippen molar-refractivity contribution in [3.05, 3.63) is 34.4 Å². The maximum absolute atomic E-state index is 12.4. The monoisotopic (exact) mass is 371 g/mol. The number of amides is 1. The van der Waals surface area contributed by atoms with Crippen LogP contribution in [0.4, 0.5) is 5.69 Å².